The maximum Gasteiger partial charge on any atom is 0.257 e. The molecular formula is C21H21FN4O. The van der Waals surface area contributed by atoms with Crippen molar-refractivity contribution in [3.8, 4) is 11.1 Å². The largest absolute Gasteiger partial charge is 0.330 e. The molecule has 0 N–H and O–H groups in total. The van der Waals surface area contributed by atoms with E-state index in [2.05, 4.69) is 10.1 Å². The van der Waals surface area contributed by atoms with Crippen LogP contribution in [0.25, 0.3) is 11.1 Å². The maximum absolute atomic E-state index is 14.2. The second-order valence-corrected chi connectivity index (χ2v) is 6.83. The van der Waals surface area contributed by atoms with Gasteiger partial charge in [0.15, 0.2) is 0 Å². The summed E-state index contributed by atoms with van der Waals surface area (Å²) < 4.78 is 16.0. The lowest BCUT2D eigenvalue weighted by atomic mass is 9.94. The van der Waals surface area contributed by atoms with Crippen molar-refractivity contribution in [2.75, 3.05) is 6.54 Å². The summed E-state index contributed by atoms with van der Waals surface area (Å²) in [7, 11) is 1.88. The smallest absolute Gasteiger partial charge is 0.257 e. The number of likely N-dealkylation sites (tertiary alicyclic amines) is 1. The third-order valence-corrected chi connectivity index (χ3v) is 5.03. The Labute approximate surface area is 157 Å². The fourth-order valence-electron chi connectivity index (χ4n) is 3.75. The number of halogens is 1. The molecule has 6 heteroatoms. The molecule has 0 unspecified atom stereocenters. The first-order valence-electron chi connectivity index (χ1n) is 9.14. The highest BCUT2D eigenvalue weighted by Gasteiger charge is 2.33. The third-order valence-electron chi connectivity index (χ3n) is 5.03. The van der Waals surface area contributed by atoms with Crippen molar-refractivity contribution < 1.29 is 9.18 Å². The maximum atomic E-state index is 14.2. The number of amides is 1. The number of nitrogens with zero attached hydrogens (tertiary/aromatic N) is 4. The molecule has 1 amide bonds. The van der Waals surface area contributed by atoms with Crippen molar-refractivity contribution in [3.63, 3.8) is 0 Å². The van der Waals surface area contributed by atoms with Gasteiger partial charge in [-0.05, 0) is 49.1 Å². The molecule has 0 aliphatic carbocycles. The molecule has 1 saturated heterocycles. The van der Waals surface area contributed by atoms with Gasteiger partial charge >= 0.3 is 0 Å². The van der Waals surface area contributed by atoms with Crippen LogP contribution in [0, 0.1) is 5.82 Å². The summed E-state index contributed by atoms with van der Waals surface area (Å²) in [6.07, 6.45) is 8.19. The number of carbonyl (C=O) groups excluding carboxylic acids is 1. The SMILES string of the molecule is Cn1cc(-c2ccncc2)c([C@@H]2CCCCN2C(=O)c2ccccc2F)n1. The Kier molecular flexibility index (Phi) is 4.71. The lowest BCUT2D eigenvalue weighted by molar-refractivity contribution is 0.0601. The topological polar surface area (TPSA) is 51.0 Å². The highest BCUT2D eigenvalue weighted by molar-refractivity contribution is 5.95. The predicted molar refractivity (Wildman–Crippen MR) is 100 cm³/mol. The van der Waals surface area contributed by atoms with Crippen molar-refractivity contribution in [2.24, 2.45) is 7.05 Å². The molecule has 0 saturated carbocycles. The lowest BCUT2D eigenvalue weighted by Gasteiger charge is -2.35. The van der Waals surface area contributed by atoms with Gasteiger partial charge in [-0.3, -0.25) is 14.5 Å². The zero-order valence-electron chi connectivity index (χ0n) is 15.2. The minimum atomic E-state index is -0.484. The number of carbonyl (C=O) groups is 1. The number of benzene rings is 1. The number of aryl methyl sites for hydroxylation is 1. The van der Waals surface area contributed by atoms with Gasteiger partial charge in [0.05, 0.1) is 17.3 Å². The highest BCUT2D eigenvalue weighted by atomic mass is 19.1. The quantitative estimate of drug-likeness (QED) is 0.706. The summed E-state index contributed by atoms with van der Waals surface area (Å²) in [5, 5.41) is 4.67. The number of pyridine rings is 1. The van der Waals surface area contributed by atoms with Crippen molar-refractivity contribution in [1.82, 2.24) is 19.7 Å². The standard InChI is InChI=1S/C21H21FN4O/c1-25-14-17(15-9-11-23-12-10-15)20(24-25)19-8-4-5-13-26(19)21(27)16-6-2-3-7-18(16)22/h2-3,6-7,9-12,14,19H,4-5,8,13H2,1H3/t19-/m0/s1. The second kappa shape index (κ2) is 7.31. The van der Waals surface area contributed by atoms with Gasteiger partial charge in [0, 0.05) is 37.7 Å². The Balaban J connectivity index is 1.74. The Bertz CT molecular complexity index is 954. The zero-order chi connectivity index (χ0) is 18.8. The molecule has 27 heavy (non-hydrogen) atoms. The van der Waals surface area contributed by atoms with Crippen LogP contribution in [0.4, 0.5) is 4.39 Å². The molecule has 138 valence electrons. The first-order chi connectivity index (χ1) is 13.1. The normalized spacial score (nSPS) is 17.1. The van der Waals surface area contributed by atoms with E-state index in [1.54, 1.807) is 40.2 Å². The molecule has 0 spiro atoms. The number of rotatable bonds is 3. The van der Waals surface area contributed by atoms with Gasteiger partial charge in [-0.25, -0.2) is 4.39 Å². The van der Waals surface area contributed by atoms with Gasteiger partial charge in [-0.1, -0.05) is 12.1 Å². The molecule has 1 atom stereocenters. The van der Waals surface area contributed by atoms with Crippen molar-refractivity contribution in [3.05, 3.63) is 72.1 Å². The predicted octanol–water partition coefficient (Wildman–Crippen LogP) is 3.99. The van der Waals surface area contributed by atoms with Gasteiger partial charge in [0.25, 0.3) is 5.91 Å². The second-order valence-electron chi connectivity index (χ2n) is 6.83. The van der Waals surface area contributed by atoms with E-state index in [4.69, 9.17) is 0 Å². The van der Waals surface area contributed by atoms with Crippen molar-refractivity contribution >= 4 is 5.91 Å². The number of aromatic nitrogens is 3. The fourth-order valence-corrected chi connectivity index (χ4v) is 3.75. The Morgan fingerprint density at radius 3 is 2.70 bits per heavy atom. The van der Waals surface area contributed by atoms with E-state index in [-0.39, 0.29) is 17.5 Å². The Morgan fingerprint density at radius 1 is 1.15 bits per heavy atom. The lowest BCUT2D eigenvalue weighted by Crippen LogP contribution is -2.39. The summed E-state index contributed by atoms with van der Waals surface area (Å²) >= 11 is 0. The first kappa shape index (κ1) is 17.4. The number of hydrogen-bond donors (Lipinski definition) is 0. The van der Waals surface area contributed by atoms with Crippen LogP contribution in [-0.4, -0.2) is 32.1 Å². The van der Waals surface area contributed by atoms with E-state index < -0.39 is 5.82 Å². The molecule has 0 bridgehead atoms. The van der Waals surface area contributed by atoms with E-state index in [0.29, 0.717) is 6.54 Å². The van der Waals surface area contributed by atoms with Crippen LogP contribution in [0.15, 0.2) is 55.0 Å². The number of piperidine rings is 1. The fraction of sp³-hybridized carbons (Fsp3) is 0.286. The molecule has 1 aliphatic rings. The van der Waals surface area contributed by atoms with Crippen molar-refractivity contribution in [2.45, 2.75) is 25.3 Å². The summed E-state index contributed by atoms with van der Waals surface area (Å²) in [5.41, 5.74) is 2.97. The Morgan fingerprint density at radius 2 is 1.93 bits per heavy atom. The minimum absolute atomic E-state index is 0.116. The van der Waals surface area contributed by atoms with Gasteiger partial charge in [-0.2, -0.15) is 5.10 Å². The van der Waals surface area contributed by atoms with E-state index in [1.165, 1.54) is 6.07 Å². The monoisotopic (exact) mass is 364 g/mol. The molecule has 3 aromatic rings. The summed E-state index contributed by atoms with van der Waals surface area (Å²) in [6.45, 7) is 0.601. The zero-order valence-corrected chi connectivity index (χ0v) is 15.2. The van der Waals surface area contributed by atoms with Crippen LogP contribution in [0.1, 0.15) is 41.4 Å². The van der Waals surface area contributed by atoms with Crippen LogP contribution in [0.5, 0.6) is 0 Å². The molecule has 1 fully saturated rings. The van der Waals surface area contributed by atoms with Gasteiger partial charge < -0.3 is 4.90 Å². The van der Waals surface area contributed by atoms with Crippen molar-refractivity contribution in [1.29, 1.82) is 0 Å². The van der Waals surface area contributed by atoms with E-state index in [0.717, 1.165) is 36.1 Å². The average molecular weight is 364 g/mol. The number of hydrogen-bond acceptors (Lipinski definition) is 3. The Hall–Kier alpha value is -3.02. The molecule has 3 heterocycles. The molecule has 2 aromatic heterocycles. The molecule has 5 nitrogen and oxygen atoms in total. The minimum Gasteiger partial charge on any atom is -0.330 e. The third kappa shape index (κ3) is 3.35. The molecule has 0 radical (unpaired) electrons. The molecule has 1 aromatic carbocycles. The first-order valence-corrected chi connectivity index (χ1v) is 9.14. The van der Waals surface area contributed by atoms with E-state index in [9.17, 15) is 9.18 Å². The summed E-state index contributed by atoms with van der Waals surface area (Å²) in [4.78, 5) is 19.0. The van der Waals surface area contributed by atoms with Gasteiger partial charge in [0.1, 0.15) is 5.82 Å². The molecule has 1 aliphatic heterocycles. The average Bonchev–Trinajstić information content (AvgIpc) is 3.10. The van der Waals surface area contributed by atoms with Crippen LogP contribution in [0.2, 0.25) is 0 Å². The molecule has 4 rings (SSSR count). The van der Waals surface area contributed by atoms with Crippen LogP contribution in [0.3, 0.4) is 0 Å². The summed E-state index contributed by atoms with van der Waals surface area (Å²) in [5.74, 6) is -0.758. The van der Waals surface area contributed by atoms with E-state index in [1.807, 2.05) is 25.4 Å². The van der Waals surface area contributed by atoms with Crippen LogP contribution in [-0.2, 0) is 7.05 Å². The van der Waals surface area contributed by atoms with Crippen LogP contribution < -0.4 is 0 Å². The summed E-state index contributed by atoms with van der Waals surface area (Å²) in [6, 6.07) is 9.87. The van der Waals surface area contributed by atoms with E-state index >= 15 is 0 Å². The van der Waals surface area contributed by atoms with Gasteiger partial charge in [0.2, 0.25) is 0 Å². The van der Waals surface area contributed by atoms with Crippen LogP contribution >= 0.6 is 0 Å². The molecular weight excluding hydrogens is 343 g/mol. The highest BCUT2D eigenvalue weighted by Crippen LogP contribution is 2.36. The van der Waals surface area contributed by atoms with Gasteiger partial charge in [-0.15, -0.1) is 0 Å².